The van der Waals surface area contributed by atoms with Crippen LogP contribution >= 0.6 is 0 Å². The third-order valence-corrected chi connectivity index (χ3v) is 4.36. The van der Waals surface area contributed by atoms with Gasteiger partial charge in [0.15, 0.2) is 0 Å². The Morgan fingerprint density at radius 2 is 2.04 bits per heavy atom. The first kappa shape index (κ1) is 14.9. The molecule has 4 nitrogen and oxygen atoms in total. The monoisotopic (exact) mass is 325 g/mol. The minimum Gasteiger partial charge on any atom is -0.487 e. The molecule has 2 N–H and O–H groups in total. The molecule has 4 rings (SSSR count). The van der Waals surface area contributed by atoms with Crippen LogP contribution in [0.3, 0.4) is 0 Å². The van der Waals surface area contributed by atoms with E-state index in [4.69, 9.17) is 9.84 Å². The molecule has 0 saturated heterocycles. The molecule has 0 radical (unpaired) electrons. The zero-order chi connectivity index (χ0) is 16.7. The average Bonchev–Trinajstić information content (AvgIpc) is 3.12. The number of benzene rings is 2. The topological polar surface area (TPSA) is 58.6 Å². The van der Waals surface area contributed by atoms with Gasteiger partial charge < -0.3 is 15.2 Å². The highest BCUT2D eigenvalue weighted by atomic mass is 19.1. The second-order valence-electron chi connectivity index (χ2n) is 5.96. The lowest BCUT2D eigenvalue weighted by Gasteiger charge is -2.06. The first-order valence-electron chi connectivity index (χ1n) is 7.89. The molecule has 2 heterocycles. The molecular formula is C19H16FNO3. The van der Waals surface area contributed by atoms with Crippen molar-refractivity contribution in [1.82, 2.24) is 0 Å². The van der Waals surface area contributed by atoms with E-state index in [2.05, 4.69) is 5.32 Å². The van der Waals surface area contributed by atoms with Crippen molar-refractivity contribution in [2.24, 2.45) is 0 Å². The van der Waals surface area contributed by atoms with Gasteiger partial charge in [-0.05, 0) is 36.6 Å². The number of hydrogen-bond donors (Lipinski definition) is 2. The predicted octanol–water partition coefficient (Wildman–Crippen LogP) is 3.10. The molecule has 0 aromatic heterocycles. The van der Waals surface area contributed by atoms with Gasteiger partial charge in [-0.25, -0.2) is 4.39 Å². The Kier molecular flexibility index (Phi) is 3.58. The molecule has 122 valence electrons. The van der Waals surface area contributed by atoms with Crippen LogP contribution in [0.5, 0.6) is 0 Å². The van der Waals surface area contributed by atoms with E-state index in [1.54, 1.807) is 6.07 Å². The lowest BCUT2D eigenvalue weighted by Crippen LogP contribution is -2.05. The van der Waals surface area contributed by atoms with E-state index >= 15 is 0 Å². The molecule has 0 spiro atoms. The zero-order valence-corrected chi connectivity index (χ0v) is 12.9. The van der Waals surface area contributed by atoms with Crippen LogP contribution in [-0.4, -0.2) is 17.6 Å². The Morgan fingerprint density at radius 3 is 2.88 bits per heavy atom. The second-order valence-corrected chi connectivity index (χ2v) is 5.96. The van der Waals surface area contributed by atoms with Gasteiger partial charge in [0.1, 0.15) is 18.2 Å². The first-order chi connectivity index (χ1) is 11.7. The van der Waals surface area contributed by atoms with Crippen molar-refractivity contribution in [3.63, 3.8) is 0 Å². The summed E-state index contributed by atoms with van der Waals surface area (Å²) in [7, 11) is 0. The molecule has 5 heteroatoms. The molecule has 0 aliphatic carbocycles. The summed E-state index contributed by atoms with van der Waals surface area (Å²) < 4.78 is 19.4. The highest BCUT2D eigenvalue weighted by molar-refractivity contribution is 6.36. The molecule has 2 aromatic rings. The molecule has 0 atom stereocenters. The second kappa shape index (κ2) is 5.76. The standard InChI is InChI=1S/C19H16FNO3/c20-13-4-6-16-15(9-13)17(19(23)21-16)18-14-5-3-11(2-1-7-22)8-12(14)10-24-18/h3-6,8-9,22H,1-2,7,10H2,(H,21,23)/b18-17+. The van der Waals surface area contributed by atoms with Crippen molar-refractivity contribution < 1.29 is 19.0 Å². The normalized spacial score (nSPS) is 18.2. The molecule has 0 saturated carbocycles. The number of rotatable bonds is 3. The number of anilines is 1. The van der Waals surface area contributed by atoms with Gasteiger partial charge in [-0.2, -0.15) is 0 Å². The van der Waals surface area contributed by atoms with Crippen LogP contribution in [0.25, 0.3) is 11.3 Å². The number of hydrogen-bond acceptors (Lipinski definition) is 3. The maximum Gasteiger partial charge on any atom is 0.260 e. The summed E-state index contributed by atoms with van der Waals surface area (Å²) in [6.07, 6.45) is 1.51. The maximum absolute atomic E-state index is 13.6. The van der Waals surface area contributed by atoms with Gasteiger partial charge in [-0.15, -0.1) is 0 Å². The van der Waals surface area contributed by atoms with E-state index < -0.39 is 0 Å². The van der Waals surface area contributed by atoms with E-state index in [-0.39, 0.29) is 18.3 Å². The van der Waals surface area contributed by atoms with Gasteiger partial charge in [0.05, 0.1) is 5.57 Å². The number of amides is 1. The molecule has 0 fully saturated rings. The molecule has 1 amide bonds. The van der Waals surface area contributed by atoms with Crippen molar-refractivity contribution >= 4 is 22.9 Å². The summed E-state index contributed by atoms with van der Waals surface area (Å²) >= 11 is 0. The van der Waals surface area contributed by atoms with E-state index in [1.807, 2.05) is 18.2 Å². The first-order valence-corrected chi connectivity index (χ1v) is 7.89. The number of fused-ring (bicyclic) bond motifs is 2. The summed E-state index contributed by atoms with van der Waals surface area (Å²) in [4.78, 5) is 12.3. The van der Waals surface area contributed by atoms with E-state index in [9.17, 15) is 9.18 Å². The SMILES string of the molecule is O=C1Nc2ccc(F)cc2/C1=C1\OCc2cc(CCCO)ccc21. The minimum atomic E-state index is -0.388. The molecule has 0 unspecified atom stereocenters. The average molecular weight is 325 g/mol. The molecule has 2 aliphatic rings. The number of aryl methyl sites for hydroxylation is 1. The maximum atomic E-state index is 13.6. The molecule has 2 aliphatic heterocycles. The third kappa shape index (κ3) is 2.37. The summed E-state index contributed by atoms with van der Waals surface area (Å²) in [5.74, 6) is -0.163. The number of carbonyl (C=O) groups excluding carboxylic acids is 1. The van der Waals surface area contributed by atoms with Gasteiger partial charge in [0, 0.05) is 29.0 Å². The van der Waals surface area contributed by atoms with Crippen molar-refractivity contribution in [2.45, 2.75) is 19.4 Å². The molecule has 24 heavy (non-hydrogen) atoms. The summed E-state index contributed by atoms with van der Waals surface area (Å²) in [5, 5.41) is 11.7. The lowest BCUT2D eigenvalue weighted by atomic mass is 9.98. The number of aliphatic hydroxyl groups excluding tert-OH is 1. The third-order valence-electron chi connectivity index (χ3n) is 4.36. The number of aliphatic hydroxyl groups is 1. The Balaban J connectivity index is 1.79. The fourth-order valence-corrected chi connectivity index (χ4v) is 3.23. The van der Waals surface area contributed by atoms with Crippen LogP contribution in [0.2, 0.25) is 0 Å². The molecule has 0 bridgehead atoms. The number of halogens is 1. The number of ether oxygens (including phenoxy) is 1. The Labute approximate surface area is 138 Å². The highest BCUT2D eigenvalue weighted by Crippen LogP contribution is 2.41. The number of nitrogens with one attached hydrogen (secondary N) is 1. The minimum absolute atomic E-state index is 0.158. The van der Waals surface area contributed by atoms with Crippen LogP contribution in [0, 0.1) is 5.82 Å². The fourth-order valence-electron chi connectivity index (χ4n) is 3.23. The lowest BCUT2D eigenvalue weighted by molar-refractivity contribution is -0.110. The van der Waals surface area contributed by atoms with Crippen molar-refractivity contribution in [2.75, 3.05) is 11.9 Å². The van der Waals surface area contributed by atoms with Crippen LogP contribution in [0.1, 0.15) is 28.7 Å². The Bertz CT molecular complexity index is 873. The highest BCUT2D eigenvalue weighted by Gasteiger charge is 2.32. The quantitative estimate of drug-likeness (QED) is 0.853. The van der Waals surface area contributed by atoms with Crippen molar-refractivity contribution in [1.29, 1.82) is 0 Å². The van der Waals surface area contributed by atoms with E-state index in [1.165, 1.54) is 12.1 Å². The smallest absolute Gasteiger partial charge is 0.260 e. The fraction of sp³-hybridized carbons (Fsp3) is 0.211. The van der Waals surface area contributed by atoms with Crippen molar-refractivity contribution in [3.05, 3.63) is 64.5 Å². The summed E-state index contributed by atoms with van der Waals surface area (Å²) in [6, 6.07) is 10.2. The van der Waals surface area contributed by atoms with Crippen LogP contribution in [-0.2, 0) is 22.6 Å². The number of carbonyl (C=O) groups is 1. The summed E-state index contributed by atoms with van der Waals surface area (Å²) in [5.41, 5.74) is 4.51. The van der Waals surface area contributed by atoms with E-state index in [0.717, 1.165) is 23.1 Å². The van der Waals surface area contributed by atoms with Gasteiger partial charge in [-0.3, -0.25) is 4.79 Å². The largest absolute Gasteiger partial charge is 0.487 e. The van der Waals surface area contributed by atoms with Gasteiger partial charge in [0.25, 0.3) is 5.91 Å². The molecule has 2 aromatic carbocycles. The van der Waals surface area contributed by atoms with Crippen LogP contribution in [0.15, 0.2) is 36.4 Å². The van der Waals surface area contributed by atoms with Crippen LogP contribution < -0.4 is 5.32 Å². The Hall–Kier alpha value is -2.66. The van der Waals surface area contributed by atoms with Gasteiger partial charge >= 0.3 is 0 Å². The van der Waals surface area contributed by atoms with Crippen LogP contribution in [0.4, 0.5) is 10.1 Å². The van der Waals surface area contributed by atoms with E-state index in [0.29, 0.717) is 35.6 Å². The van der Waals surface area contributed by atoms with Crippen molar-refractivity contribution in [3.8, 4) is 0 Å². The predicted molar refractivity (Wildman–Crippen MR) is 88.5 cm³/mol. The van der Waals surface area contributed by atoms with Gasteiger partial charge in [0.2, 0.25) is 0 Å². The van der Waals surface area contributed by atoms with Gasteiger partial charge in [-0.1, -0.05) is 18.2 Å². The zero-order valence-electron chi connectivity index (χ0n) is 12.9. The molecular weight excluding hydrogens is 309 g/mol. The summed E-state index contributed by atoms with van der Waals surface area (Å²) in [6.45, 7) is 0.546. The Morgan fingerprint density at radius 1 is 1.17 bits per heavy atom.